The van der Waals surface area contributed by atoms with Gasteiger partial charge < -0.3 is 15.2 Å². The molecule has 1 fully saturated rings. The van der Waals surface area contributed by atoms with Crippen LogP contribution in [0.15, 0.2) is 0 Å². The third kappa shape index (κ3) is 5.19. The lowest BCUT2D eigenvalue weighted by atomic mass is 9.84. The molecule has 0 aromatic rings. The summed E-state index contributed by atoms with van der Waals surface area (Å²) in [7, 11) is 0. The average molecular weight is 271 g/mol. The first-order valence-electron chi connectivity index (χ1n) is 6.83. The fourth-order valence-electron chi connectivity index (χ4n) is 2.42. The van der Waals surface area contributed by atoms with Gasteiger partial charge in [0, 0.05) is 13.2 Å². The van der Waals surface area contributed by atoms with Gasteiger partial charge in [0.2, 0.25) is 5.91 Å². The van der Waals surface area contributed by atoms with Crippen molar-refractivity contribution in [3.8, 4) is 0 Å². The highest BCUT2D eigenvalue weighted by atomic mass is 16.5. The van der Waals surface area contributed by atoms with E-state index in [0.717, 1.165) is 0 Å². The molecule has 0 aliphatic carbocycles. The van der Waals surface area contributed by atoms with Gasteiger partial charge in [0.15, 0.2) is 0 Å². The highest BCUT2D eigenvalue weighted by Gasteiger charge is 2.32. The molecule has 0 radical (unpaired) electrons. The molecule has 5 nitrogen and oxygen atoms in total. The maximum Gasteiger partial charge on any atom is 0.308 e. The molecule has 1 aliphatic heterocycles. The molecule has 110 valence electrons. The summed E-state index contributed by atoms with van der Waals surface area (Å²) in [6, 6.07) is 0. The monoisotopic (exact) mass is 271 g/mol. The smallest absolute Gasteiger partial charge is 0.308 e. The Labute approximate surface area is 114 Å². The highest BCUT2D eigenvalue weighted by molar-refractivity contribution is 5.80. The Kier molecular flexibility index (Phi) is 5.35. The van der Waals surface area contributed by atoms with Crippen molar-refractivity contribution in [2.24, 2.45) is 17.3 Å². The number of carboxylic acids is 1. The molecule has 0 bridgehead atoms. The number of ether oxygens (including phenoxy) is 1. The van der Waals surface area contributed by atoms with Gasteiger partial charge in [-0.25, -0.2) is 0 Å². The summed E-state index contributed by atoms with van der Waals surface area (Å²) in [5.74, 6) is -1.64. The summed E-state index contributed by atoms with van der Waals surface area (Å²) >= 11 is 0. The maximum atomic E-state index is 12.0. The largest absolute Gasteiger partial charge is 0.481 e. The van der Waals surface area contributed by atoms with E-state index in [2.05, 4.69) is 5.32 Å². The van der Waals surface area contributed by atoms with Crippen molar-refractivity contribution < 1.29 is 19.4 Å². The second-order valence-electron chi connectivity index (χ2n) is 6.52. The van der Waals surface area contributed by atoms with E-state index in [1.165, 1.54) is 0 Å². The number of amides is 1. The number of hydrogen-bond acceptors (Lipinski definition) is 3. The predicted octanol–water partition coefficient (Wildman–Crippen LogP) is 1.66. The zero-order valence-corrected chi connectivity index (χ0v) is 12.2. The quantitative estimate of drug-likeness (QED) is 0.797. The molecule has 0 aromatic heterocycles. The average Bonchev–Trinajstić information content (AvgIpc) is 2.68. The minimum Gasteiger partial charge on any atom is -0.481 e. The number of nitrogens with one attached hydrogen (secondary N) is 1. The van der Waals surface area contributed by atoms with Crippen LogP contribution in [-0.2, 0) is 14.3 Å². The van der Waals surface area contributed by atoms with Crippen molar-refractivity contribution in [1.82, 2.24) is 5.32 Å². The molecule has 5 heteroatoms. The summed E-state index contributed by atoms with van der Waals surface area (Å²) in [6.07, 6.45) is 1.18. The minimum atomic E-state index is -0.856. The van der Waals surface area contributed by atoms with Gasteiger partial charge in [-0.05, 0) is 25.2 Å². The lowest BCUT2D eigenvalue weighted by molar-refractivity contribution is -0.142. The fraction of sp³-hybridized carbons (Fsp3) is 0.857. The van der Waals surface area contributed by atoms with Crippen LogP contribution in [0.1, 0.15) is 40.5 Å². The minimum absolute atomic E-state index is 0.0719. The second-order valence-corrected chi connectivity index (χ2v) is 6.52. The molecular weight excluding hydrogens is 246 g/mol. The van der Waals surface area contributed by atoms with Gasteiger partial charge in [0.1, 0.15) is 0 Å². The molecule has 1 aliphatic rings. The summed E-state index contributed by atoms with van der Waals surface area (Å²) in [6.45, 7) is 8.66. The first kappa shape index (κ1) is 16.0. The van der Waals surface area contributed by atoms with Crippen molar-refractivity contribution >= 4 is 11.9 Å². The van der Waals surface area contributed by atoms with E-state index in [4.69, 9.17) is 4.74 Å². The van der Waals surface area contributed by atoms with Crippen LogP contribution in [0, 0.1) is 17.3 Å². The number of carbonyl (C=O) groups excluding carboxylic acids is 1. The molecule has 19 heavy (non-hydrogen) atoms. The summed E-state index contributed by atoms with van der Waals surface area (Å²) in [5.41, 5.74) is -0.0719. The van der Waals surface area contributed by atoms with Crippen LogP contribution in [0.3, 0.4) is 0 Å². The van der Waals surface area contributed by atoms with Crippen LogP contribution in [-0.4, -0.2) is 36.2 Å². The molecule has 3 atom stereocenters. The van der Waals surface area contributed by atoms with Crippen molar-refractivity contribution in [3.63, 3.8) is 0 Å². The van der Waals surface area contributed by atoms with Crippen LogP contribution in [0.5, 0.6) is 0 Å². The van der Waals surface area contributed by atoms with Gasteiger partial charge in [-0.1, -0.05) is 20.8 Å². The number of rotatable bonds is 5. The Balaban J connectivity index is 2.47. The molecule has 1 heterocycles. The number of carbonyl (C=O) groups is 2. The third-order valence-corrected chi connectivity index (χ3v) is 3.44. The number of aliphatic carboxylic acids is 1. The first-order valence-corrected chi connectivity index (χ1v) is 6.83. The van der Waals surface area contributed by atoms with Gasteiger partial charge in [-0.2, -0.15) is 0 Å². The van der Waals surface area contributed by atoms with E-state index in [0.29, 0.717) is 19.4 Å². The molecule has 2 N–H and O–H groups in total. The van der Waals surface area contributed by atoms with E-state index < -0.39 is 11.9 Å². The van der Waals surface area contributed by atoms with Crippen LogP contribution in [0.4, 0.5) is 0 Å². The lowest BCUT2D eigenvalue weighted by Crippen LogP contribution is -2.39. The van der Waals surface area contributed by atoms with E-state index in [-0.39, 0.29) is 29.9 Å². The normalized spacial score (nSPS) is 25.1. The van der Waals surface area contributed by atoms with Gasteiger partial charge in [0.25, 0.3) is 0 Å². The zero-order valence-electron chi connectivity index (χ0n) is 12.2. The Morgan fingerprint density at radius 2 is 2.05 bits per heavy atom. The third-order valence-electron chi connectivity index (χ3n) is 3.44. The summed E-state index contributed by atoms with van der Waals surface area (Å²) < 4.78 is 5.34. The predicted molar refractivity (Wildman–Crippen MR) is 71.7 cm³/mol. The lowest BCUT2D eigenvalue weighted by Gasteiger charge is -2.24. The number of carboxylic acid groups (broad SMARTS) is 1. The zero-order chi connectivity index (χ0) is 14.6. The van der Waals surface area contributed by atoms with Crippen molar-refractivity contribution in [3.05, 3.63) is 0 Å². The van der Waals surface area contributed by atoms with E-state index in [1.807, 2.05) is 27.7 Å². The molecular formula is C14H25NO4. The topological polar surface area (TPSA) is 75.6 Å². The fourth-order valence-corrected chi connectivity index (χ4v) is 2.42. The standard InChI is InChI=1S/C14H25NO4/c1-9-11(5-6-19-9)12(16)15-8-10(13(17)18)7-14(2,3)4/h9-11H,5-8H2,1-4H3,(H,15,16)(H,17,18). The molecule has 1 rings (SSSR count). The SMILES string of the molecule is CC1OCCC1C(=O)NCC(CC(C)(C)C)C(=O)O. The molecule has 0 aromatic carbocycles. The van der Waals surface area contributed by atoms with Gasteiger partial charge in [-0.3, -0.25) is 9.59 Å². The van der Waals surface area contributed by atoms with E-state index in [1.54, 1.807) is 0 Å². The molecule has 1 saturated heterocycles. The molecule has 0 saturated carbocycles. The Morgan fingerprint density at radius 3 is 2.47 bits per heavy atom. The van der Waals surface area contributed by atoms with Crippen molar-refractivity contribution in [2.45, 2.75) is 46.6 Å². The van der Waals surface area contributed by atoms with Gasteiger partial charge in [-0.15, -0.1) is 0 Å². The summed E-state index contributed by atoms with van der Waals surface area (Å²) in [4.78, 5) is 23.2. The van der Waals surface area contributed by atoms with Gasteiger partial charge in [0.05, 0.1) is 17.9 Å². The number of hydrogen-bond donors (Lipinski definition) is 2. The highest BCUT2D eigenvalue weighted by Crippen LogP contribution is 2.25. The van der Waals surface area contributed by atoms with Crippen molar-refractivity contribution in [2.75, 3.05) is 13.2 Å². The first-order chi connectivity index (χ1) is 8.70. The van der Waals surface area contributed by atoms with Crippen molar-refractivity contribution in [1.29, 1.82) is 0 Å². The second kappa shape index (κ2) is 6.37. The van der Waals surface area contributed by atoms with Crippen LogP contribution in [0.25, 0.3) is 0 Å². The Morgan fingerprint density at radius 1 is 1.42 bits per heavy atom. The van der Waals surface area contributed by atoms with Crippen LogP contribution in [0.2, 0.25) is 0 Å². The van der Waals surface area contributed by atoms with Crippen LogP contribution >= 0.6 is 0 Å². The van der Waals surface area contributed by atoms with E-state index >= 15 is 0 Å². The Hall–Kier alpha value is -1.10. The molecule has 1 amide bonds. The van der Waals surface area contributed by atoms with Gasteiger partial charge >= 0.3 is 5.97 Å². The van der Waals surface area contributed by atoms with E-state index in [9.17, 15) is 14.7 Å². The Bertz CT molecular complexity index is 335. The summed E-state index contributed by atoms with van der Waals surface area (Å²) in [5, 5.41) is 12.0. The van der Waals surface area contributed by atoms with Crippen LogP contribution < -0.4 is 5.32 Å². The molecule has 0 spiro atoms. The maximum absolute atomic E-state index is 12.0. The molecule has 3 unspecified atom stereocenters.